The summed E-state index contributed by atoms with van der Waals surface area (Å²) in [7, 11) is 0.102. The zero-order chi connectivity index (χ0) is 35.6. The fourth-order valence-corrected chi connectivity index (χ4v) is 6.72. The summed E-state index contributed by atoms with van der Waals surface area (Å²) in [6, 6.07) is 26.9. The minimum Gasteiger partial charge on any atom is -0.497 e. The van der Waals surface area contributed by atoms with Gasteiger partial charge in [0.15, 0.2) is 11.5 Å². The summed E-state index contributed by atoms with van der Waals surface area (Å²) in [4.78, 5) is 30.0. The van der Waals surface area contributed by atoms with Gasteiger partial charge in [0.2, 0.25) is 11.8 Å². The molecule has 2 amide bonds. The number of methoxy groups -OCH3 is 3. The molecule has 11 heteroatoms. The maximum atomic E-state index is 14.7. The van der Waals surface area contributed by atoms with E-state index in [2.05, 4.69) is 5.32 Å². The van der Waals surface area contributed by atoms with Crippen LogP contribution in [0.3, 0.4) is 0 Å². The minimum atomic E-state index is -4.33. The largest absolute Gasteiger partial charge is 0.497 e. The summed E-state index contributed by atoms with van der Waals surface area (Å²) in [5.74, 6) is 0.452. The molecule has 0 radical (unpaired) electrons. The highest BCUT2D eigenvalue weighted by molar-refractivity contribution is 7.92. The number of hydrogen-bond acceptors (Lipinski definition) is 7. The molecule has 1 atom stereocenters. The number of carbonyl (C=O) groups is 2. The van der Waals surface area contributed by atoms with Gasteiger partial charge in [0.1, 0.15) is 18.3 Å². The van der Waals surface area contributed by atoms with Gasteiger partial charge in [0, 0.05) is 25.6 Å². The monoisotopic (exact) mass is 687 g/mol. The van der Waals surface area contributed by atoms with Crippen LogP contribution in [0.4, 0.5) is 5.69 Å². The smallest absolute Gasteiger partial charge is 0.264 e. The van der Waals surface area contributed by atoms with Crippen LogP contribution < -0.4 is 23.8 Å². The molecule has 0 heterocycles. The Morgan fingerprint density at radius 2 is 1.45 bits per heavy atom. The van der Waals surface area contributed by atoms with Crippen LogP contribution in [0.2, 0.25) is 0 Å². The Morgan fingerprint density at radius 3 is 2.08 bits per heavy atom. The topological polar surface area (TPSA) is 114 Å². The molecule has 0 aromatic heterocycles. The lowest BCUT2D eigenvalue weighted by molar-refractivity contribution is -0.140. The van der Waals surface area contributed by atoms with Crippen LogP contribution >= 0.6 is 0 Å². The predicted molar refractivity (Wildman–Crippen MR) is 191 cm³/mol. The maximum absolute atomic E-state index is 14.7. The molecule has 0 aliphatic heterocycles. The molecule has 0 bridgehead atoms. The van der Waals surface area contributed by atoms with Crippen molar-refractivity contribution in [3.05, 3.63) is 114 Å². The highest BCUT2D eigenvalue weighted by Gasteiger charge is 2.35. The Bertz CT molecular complexity index is 1810. The molecular formula is C38H45N3O7S. The van der Waals surface area contributed by atoms with Gasteiger partial charge in [-0.2, -0.15) is 0 Å². The number of carbonyl (C=O) groups excluding carboxylic acids is 2. The van der Waals surface area contributed by atoms with Gasteiger partial charge >= 0.3 is 0 Å². The fourth-order valence-electron chi connectivity index (χ4n) is 5.29. The molecule has 4 aromatic rings. The van der Waals surface area contributed by atoms with Gasteiger partial charge in [-0.1, -0.05) is 74.0 Å². The quantitative estimate of drug-likeness (QED) is 0.163. The first-order chi connectivity index (χ1) is 23.5. The Labute approximate surface area is 289 Å². The molecule has 0 saturated carbocycles. The molecule has 260 valence electrons. The summed E-state index contributed by atoms with van der Waals surface area (Å²) in [5, 5.41) is 3.00. The molecule has 1 N–H and O–H groups in total. The zero-order valence-electron chi connectivity index (χ0n) is 28.9. The Balaban J connectivity index is 1.83. The first-order valence-corrected chi connectivity index (χ1v) is 17.5. The third kappa shape index (κ3) is 9.54. The first kappa shape index (κ1) is 36.8. The first-order valence-electron chi connectivity index (χ1n) is 16.0. The molecule has 0 fully saturated rings. The van der Waals surface area contributed by atoms with E-state index in [9.17, 15) is 18.0 Å². The third-order valence-corrected chi connectivity index (χ3v) is 9.76. The molecule has 10 nitrogen and oxygen atoms in total. The number of aryl methyl sites for hydroxylation is 1. The number of sulfonamides is 1. The molecule has 49 heavy (non-hydrogen) atoms. The molecule has 0 aliphatic carbocycles. The van der Waals surface area contributed by atoms with E-state index >= 15 is 0 Å². The molecule has 4 rings (SSSR count). The van der Waals surface area contributed by atoms with Gasteiger partial charge in [-0.15, -0.1) is 0 Å². The van der Waals surface area contributed by atoms with Gasteiger partial charge in [-0.25, -0.2) is 8.42 Å². The average Bonchev–Trinajstić information content (AvgIpc) is 3.11. The van der Waals surface area contributed by atoms with Crippen LogP contribution in [-0.2, 0) is 32.6 Å². The summed E-state index contributed by atoms with van der Waals surface area (Å²) in [6.45, 7) is 5.73. The normalized spacial score (nSPS) is 11.8. The summed E-state index contributed by atoms with van der Waals surface area (Å²) in [6.07, 6.45) is 0.216. The highest BCUT2D eigenvalue weighted by atomic mass is 32.2. The van der Waals surface area contributed by atoms with E-state index in [1.54, 1.807) is 43.5 Å². The van der Waals surface area contributed by atoms with E-state index in [-0.39, 0.29) is 35.4 Å². The molecule has 0 aliphatic rings. The molecule has 0 saturated heterocycles. The van der Waals surface area contributed by atoms with E-state index in [4.69, 9.17) is 14.2 Å². The lowest BCUT2D eigenvalue weighted by atomic mass is 10.0. The van der Waals surface area contributed by atoms with Crippen molar-refractivity contribution in [2.75, 3.05) is 38.7 Å². The number of nitrogens with zero attached hydrogens (tertiary/aromatic N) is 2. The van der Waals surface area contributed by atoms with Crippen molar-refractivity contribution in [3.63, 3.8) is 0 Å². The summed E-state index contributed by atoms with van der Waals surface area (Å²) in [5.41, 5.74) is 2.78. The summed E-state index contributed by atoms with van der Waals surface area (Å²) >= 11 is 0. The Kier molecular flexibility index (Phi) is 12.7. The van der Waals surface area contributed by atoms with Crippen molar-refractivity contribution in [2.45, 2.75) is 44.7 Å². The van der Waals surface area contributed by atoms with Crippen molar-refractivity contribution < 1.29 is 32.2 Å². The second kappa shape index (κ2) is 16.9. The SMILES string of the molecule is COc1cccc(CN(C(=O)CN(c2ccc(C)cc2)S(=O)(=O)c2ccc(OC)c(OC)c2)[C@@H](Cc2ccccc2)C(=O)NCC(C)C)c1. The number of benzene rings is 4. The van der Waals surface area contributed by atoms with E-state index in [1.807, 2.05) is 63.2 Å². The lowest BCUT2D eigenvalue weighted by Crippen LogP contribution is -2.53. The molecule has 0 spiro atoms. The third-order valence-electron chi connectivity index (χ3n) is 7.99. The van der Waals surface area contributed by atoms with E-state index < -0.39 is 28.5 Å². The Morgan fingerprint density at radius 1 is 0.776 bits per heavy atom. The van der Waals surface area contributed by atoms with E-state index in [1.165, 1.54) is 37.3 Å². The van der Waals surface area contributed by atoms with Gasteiger partial charge in [0.25, 0.3) is 10.0 Å². The lowest BCUT2D eigenvalue weighted by Gasteiger charge is -2.34. The molecule has 0 unspecified atom stereocenters. The highest BCUT2D eigenvalue weighted by Crippen LogP contribution is 2.32. The number of hydrogen-bond donors (Lipinski definition) is 1. The number of nitrogens with one attached hydrogen (secondary N) is 1. The minimum absolute atomic E-state index is 0.0285. The van der Waals surface area contributed by atoms with Crippen LogP contribution in [0.25, 0.3) is 0 Å². The predicted octanol–water partition coefficient (Wildman–Crippen LogP) is 5.63. The number of anilines is 1. The molecular weight excluding hydrogens is 642 g/mol. The van der Waals surface area contributed by atoms with Crippen molar-refractivity contribution in [2.24, 2.45) is 5.92 Å². The number of rotatable bonds is 16. The van der Waals surface area contributed by atoms with Gasteiger partial charge in [-0.05, 0) is 60.4 Å². The number of ether oxygens (including phenoxy) is 3. The average molecular weight is 688 g/mol. The van der Waals surface area contributed by atoms with Crippen molar-refractivity contribution in [3.8, 4) is 17.2 Å². The second-order valence-corrected chi connectivity index (χ2v) is 13.9. The summed E-state index contributed by atoms with van der Waals surface area (Å²) < 4.78 is 46.1. The van der Waals surface area contributed by atoms with Gasteiger partial charge in [-0.3, -0.25) is 13.9 Å². The van der Waals surface area contributed by atoms with Crippen LogP contribution in [0.15, 0.2) is 102 Å². The van der Waals surface area contributed by atoms with E-state index in [0.717, 1.165) is 15.4 Å². The van der Waals surface area contributed by atoms with Crippen molar-refractivity contribution >= 4 is 27.5 Å². The van der Waals surface area contributed by atoms with E-state index in [0.29, 0.717) is 29.3 Å². The molecule has 4 aromatic carbocycles. The fraction of sp³-hybridized carbons (Fsp3) is 0.316. The van der Waals surface area contributed by atoms with Crippen LogP contribution in [-0.4, -0.2) is 65.6 Å². The standard InChI is InChI=1S/C38H45N3O7S/c1-27(2)24-39-38(43)34(22-29-11-8-7-9-12-29)40(25-30-13-10-14-32(21-30)46-4)37(42)26-41(31-17-15-28(3)16-18-31)49(44,45)33-19-20-35(47-5)36(23-33)48-6/h7-21,23,27,34H,22,24-26H2,1-6H3,(H,39,43)/t34-/m0/s1. The van der Waals surface area contributed by atoms with Crippen LogP contribution in [0.1, 0.15) is 30.5 Å². The number of amides is 2. The van der Waals surface area contributed by atoms with Crippen LogP contribution in [0.5, 0.6) is 17.2 Å². The van der Waals surface area contributed by atoms with Gasteiger partial charge < -0.3 is 24.4 Å². The zero-order valence-corrected chi connectivity index (χ0v) is 29.7. The second-order valence-electron chi connectivity index (χ2n) is 12.1. The Hall–Kier alpha value is -5.03. The van der Waals surface area contributed by atoms with Crippen LogP contribution in [0, 0.1) is 12.8 Å². The van der Waals surface area contributed by atoms with Crippen molar-refractivity contribution in [1.82, 2.24) is 10.2 Å². The maximum Gasteiger partial charge on any atom is 0.264 e. The van der Waals surface area contributed by atoms with Gasteiger partial charge in [0.05, 0.1) is 31.9 Å². The van der Waals surface area contributed by atoms with Crippen molar-refractivity contribution in [1.29, 1.82) is 0 Å².